The van der Waals surface area contributed by atoms with Gasteiger partial charge in [-0.15, -0.1) is 0 Å². The summed E-state index contributed by atoms with van der Waals surface area (Å²) in [6.45, 7) is 5.01. The summed E-state index contributed by atoms with van der Waals surface area (Å²) in [5, 5.41) is 19.1. The van der Waals surface area contributed by atoms with Crippen molar-refractivity contribution in [1.82, 2.24) is 29.5 Å². The zero-order chi connectivity index (χ0) is 22.2. The Morgan fingerprint density at radius 2 is 2.00 bits per heavy atom. The lowest BCUT2D eigenvalue weighted by Gasteiger charge is -2.06. The largest absolute Gasteiger partial charge is 0.394 e. The zero-order valence-electron chi connectivity index (χ0n) is 17.9. The van der Waals surface area contributed by atoms with E-state index in [0.717, 1.165) is 50.2 Å². The van der Waals surface area contributed by atoms with Crippen LogP contribution < -0.4 is 0 Å². The number of aliphatic hydroxyl groups is 1. The van der Waals surface area contributed by atoms with Crippen LogP contribution in [0.2, 0.25) is 0 Å². The van der Waals surface area contributed by atoms with Crippen molar-refractivity contribution in [2.75, 3.05) is 6.61 Å². The lowest BCUT2D eigenvalue weighted by molar-refractivity contribution is 0.269. The van der Waals surface area contributed by atoms with Crippen LogP contribution in [-0.2, 0) is 13.1 Å². The molecule has 0 bridgehead atoms. The number of rotatable bonds is 6. The molecule has 4 heterocycles. The average Bonchev–Trinajstić information content (AvgIpc) is 3.47. The number of halogens is 1. The third-order valence-corrected chi connectivity index (χ3v) is 5.70. The molecule has 0 spiro atoms. The van der Waals surface area contributed by atoms with Gasteiger partial charge in [0.1, 0.15) is 11.5 Å². The number of aromatic amines is 1. The van der Waals surface area contributed by atoms with Crippen molar-refractivity contribution in [2.45, 2.75) is 26.9 Å². The molecule has 0 atom stereocenters. The van der Waals surface area contributed by atoms with Crippen molar-refractivity contribution in [3.05, 3.63) is 77.9 Å². The van der Waals surface area contributed by atoms with E-state index in [1.165, 1.54) is 12.1 Å². The molecule has 0 aliphatic carbocycles. The maximum absolute atomic E-state index is 13.6. The Morgan fingerprint density at radius 3 is 2.81 bits per heavy atom. The van der Waals surface area contributed by atoms with Gasteiger partial charge in [0.15, 0.2) is 0 Å². The van der Waals surface area contributed by atoms with E-state index in [1.807, 2.05) is 43.2 Å². The maximum atomic E-state index is 13.6. The zero-order valence-corrected chi connectivity index (χ0v) is 17.9. The molecule has 0 saturated carbocycles. The monoisotopic (exact) mass is 430 g/mol. The van der Waals surface area contributed by atoms with E-state index >= 15 is 0 Å². The number of fused-ring (bicyclic) bond motifs is 1. The van der Waals surface area contributed by atoms with Crippen molar-refractivity contribution in [2.24, 2.45) is 0 Å². The number of aryl methyl sites for hydroxylation is 1. The van der Waals surface area contributed by atoms with Gasteiger partial charge in [0.05, 0.1) is 31.6 Å². The highest BCUT2D eigenvalue weighted by Gasteiger charge is 2.18. The quantitative estimate of drug-likeness (QED) is 0.425. The number of hydrogen-bond acceptors (Lipinski definition) is 4. The summed E-state index contributed by atoms with van der Waals surface area (Å²) >= 11 is 0. The molecular weight excluding hydrogens is 407 g/mol. The Hall–Kier alpha value is -3.78. The van der Waals surface area contributed by atoms with Crippen molar-refractivity contribution < 1.29 is 9.50 Å². The van der Waals surface area contributed by atoms with Crippen LogP contribution in [0, 0.1) is 19.7 Å². The lowest BCUT2D eigenvalue weighted by atomic mass is 10.0. The molecular formula is C24H23FN6O. The van der Waals surface area contributed by atoms with E-state index in [2.05, 4.69) is 21.1 Å². The van der Waals surface area contributed by atoms with Crippen molar-refractivity contribution in [3.8, 4) is 22.3 Å². The minimum atomic E-state index is -0.248. The van der Waals surface area contributed by atoms with Crippen LogP contribution in [0.15, 0.2) is 55.1 Å². The molecule has 5 rings (SSSR count). The fourth-order valence-corrected chi connectivity index (χ4v) is 4.15. The predicted octanol–water partition coefficient (Wildman–Crippen LogP) is 4.09. The first-order chi connectivity index (χ1) is 15.5. The van der Waals surface area contributed by atoms with Gasteiger partial charge in [-0.05, 0) is 37.6 Å². The SMILES string of the molecule is Cc1nn(Cc2cccc(F)c2)c(C)c1-c1c[nH]c2ncc(-c3cnn(CCO)c3)cc12. The second-order valence-electron chi connectivity index (χ2n) is 7.87. The van der Waals surface area contributed by atoms with Crippen molar-refractivity contribution in [3.63, 3.8) is 0 Å². The second-order valence-corrected chi connectivity index (χ2v) is 7.87. The number of benzene rings is 1. The standard InChI is InChI=1S/C24H23FN6O/c1-15-23(16(2)31(29-15)13-17-4-3-5-20(25)8-17)22-12-27-24-21(22)9-18(10-26-24)19-11-28-30(14-19)6-7-32/h3-5,8-12,14,32H,6-7,13H2,1-2H3,(H,26,27). The molecule has 7 nitrogen and oxygen atoms in total. The Balaban J connectivity index is 1.55. The van der Waals surface area contributed by atoms with Gasteiger partial charge in [-0.2, -0.15) is 10.2 Å². The van der Waals surface area contributed by atoms with Crippen LogP contribution in [0.25, 0.3) is 33.3 Å². The topological polar surface area (TPSA) is 84.5 Å². The fourth-order valence-electron chi connectivity index (χ4n) is 4.15. The van der Waals surface area contributed by atoms with Gasteiger partial charge in [0.25, 0.3) is 0 Å². The molecule has 32 heavy (non-hydrogen) atoms. The number of nitrogens with one attached hydrogen (secondary N) is 1. The Labute approximate surface area is 184 Å². The van der Waals surface area contributed by atoms with E-state index in [0.29, 0.717) is 13.1 Å². The van der Waals surface area contributed by atoms with Crippen molar-refractivity contribution in [1.29, 1.82) is 0 Å². The summed E-state index contributed by atoms with van der Waals surface area (Å²) in [5.41, 5.74) is 7.53. The number of aliphatic hydroxyl groups excluding tert-OH is 1. The highest BCUT2D eigenvalue weighted by molar-refractivity contribution is 5.96. The molecule has 2 N–H and O–H groups in total. The Kier molecular flexibility index (Phi) is 5.07. The number of aromatic nitrogens is 6. The van der Waals surface area contributed by atoms with E-state index in [-0.39, 0.29) is 12.4 Å². The molecule has 162 valence electrons. The first-order valence-electron chi connectivity index (χ1n) is 10.4. The van der Waals surface area contributed by atoms with Gasteiger partial charge in [-0.3, -0.25) is 9.36 Å². The van der Waals surface area contributed by atoms with Gasteiger partial charge in [0, 0.05) is 51.9 Å². The van der Waals surface area contributed by atoms with Crippen molar-refractivity contribution >= 4 is 11.0 Å². The van der Waals surface area contributed by atoms with Crippen LogP contribution in [0.4, 0.5) is 4.39 Å². The van der Waals surface area contributed by atoms with Crippen LogP contribution in [-0.4, -0.2) is 41.2 Å². The highest BCUT2D eigenvalue weighted by atomic mass is 19.1. The van der Waals surface area contributed by atoms with E-state index in [1.54, 1.807) is 16.9 Å². The highest BCUT2D eigenvalue weighted by Crippen LogP contribution is 2.34. The number of pyridine rings is 1. The molecule has 8 heteroatoms. The first kappa shape index (κ1) is 20.1. The summed E-state index contributed by atoms with van der Waals surface area (Å²) in [6, 6.07) is 8.69. The molecule has 0 amide bonds. The van der Waals surface area contributed by atoms with Crippen LogP contribution in [0.1, 0.15) is 17.0 Å². The van der Waals surface area contributed by atoms with Crippen LogP contribution in [0.3, 0.4) is 0 Å². The first-order valence-corrected chi connectivity index (χ1v) is 10.4. The predicted molar refractivity (Wildman–Crippen MR) is 121 cm³/mol. The summed E-state index contributed by atoms with van der Waals surface area (Å²) in [5.74, 6) is -0.248. The smallest absolute Gasteiger partial charge is 0.137 e. The van der Waals surface area contributed by atoms with Gasteiger partial charge < -0.3 is 10.1 Å². The van der Waals surface area contributed by atoms with E-state index < -0.39 is 0 Å². The maximum Gasteiger partial charge on any atom is 0.137 e. The number of H-pyrrole nitrogens is 1. The molecule has 0 fully saturated rings. The minimum Gasteiger partial charge on any atom is -0.394 e. The second kappa shape index (κ2) is 8.05. The Morgan fingerprint density at radius 1 is 1.12 bits per heavy atom. The van der Waals surface area contributed by atoms with Gasteiger partial charge in [-0.25, -0.2) is 9.37 Å². The summed E-state index contributed by atoms with van der Waals surface area (Å²) < 4.78 is 17.2. The third kappa shape index (κ3) is 3.58. The lowest BCUT2D eigenvalue weighted by Crippen LogP contribution is -2.04. The van der Waals surface area contributed by atoms with E-state index in [4.69, 9.17) is 10.2 Å². The molecule has 0 unspecified atom stereocenters. The molecule has 0 aliphatic rings. The van der Waals surface area contributed by atoms with Crippen LogP contribution in [0.5, 0.6) is 0 Å². The average molecular weight is 430 g/mol. The fraction of sp³-hybridized carbons (Fsp3) is 0.208. The summed E-state index contributed by atoms with van der Waals surface area (Å²) in [4.78, 5) is 7.85. The normalized spacial score (nSPS) is 11.5. The molecule has 0 saturated heterocycles. The third-order valence-electron chi connectivity index (χ3n) is 5.70. The summed E-state index contributed by atoms with van der Waals surface area (Å²) in [7, 11) is 0. The number of hydrogen-bond donors (Lipinski definition) is 2. The molecule has 0 radical (unpaired) electrons. The van der Waals surface area contributed by atoms with Crippen LogP contribution >= 0.6 is 0 Å². The molecule has 5 aromatic rings. The van der Waals surface area contributed by atoms with E-state index in [9.17, 15) is 4.39 Å². The number of nitrogens with zero attached hydrogens (tertiary/aromatic N) is 5. The minimum absolute atomic E-state index is 0.0402. The summed E-state index contributed by atoms with van der Waals surface area (Å²) in [6.07, 6.45) is 7.45. The van der Waals surface area contributed by atoms with Gasteiger partial charge >= 0.3 is 0 Å². The Bertz CT molecular complexity index is 1410. The molecule has 1 aromatic carbocycles. The van der Waals surface area contributed by atoms with Gasteiger partial charge in [-0.1, -0.05) is 12.1 Å². The molecule has 4 aromatic heterocycles. The molecule has 0 aliphatic heterocycles. The van der Waals surface area contributed by atoms with Gasteiger partial charge in [0.2, 0.25) is 0 Å².